The van der Waals surface area contributed by atoms with Crippen molar-refractivity contribution in [1.29, 1.82) is 0 Å². The Morgan fingerprint density at radius 3 is 2.40 bits per heavy atom. The molecule has 0 aliphatic heterocycles. The third kappa shape index (κ3) is 6.44. The average Bonchev–Trinajstić information content (AvgIpc) is 3.31. The SMILES string of the molecule is COc1ccc(Cc2noc(C=CC3CCC(C(c4ccc(Cl)cc4)N(C)C)CC3)n2)cc1OC. The van der Waals surface area contributed by atoms with Crippen LogP contribution in [-0.2, 0) is 6.42 Å². The van der Waals surface area contributed by atoms with Gasteiger partial charge >= 0.3 is 0 Å². The van der Waals surface area contributed by atoms with Gasteiger partial charge < -0.3 is 18.9 Å². The second-order valence-electron chi connectivity index (χ2n) is 9.41. The van der Waals surface area contributed by atoms with E-state index in [4.69, 9.17) is 25.6 Å². The highest BCUT2D eigenvalue weighted by Crippen LogP contribution is 2.40. The number of benzene rings is 2. The van der Waals surface area contributed by atoms with Crippen molar-refractivity contribution in [2.45, 2.75) is 38.1 Å². The predicted molar refractivity (Wildman–Crippen MR) is 139 cm³/mol. The fourth-order valence-electron chi connectivity index (χ4n) is 5.10. The van der Waals surface area contributed by atoms with Gasteiger partial charge in [0.15, 0.2) is 17.3 Å². The van der Waals surface area contributed by atoms with E-state index < -0.39 is 0 Å². The number of allylic oxidation sites excluding steroid dienone is 1. The zero-order valence-electron chi connectivity index (χ0n) is 20.9. The summed E-state index contributed by atoms with van der Waals surface area (Å²) in [6, 6.07) is 14.5. The van der Waals surface area contributed by atoms with Gasteiger partial charge in [0.2, 0.25) is 5.89 Å². The smallest absolute Gasteiger partial charge is 0.250 e. The highest BCUT2D eigenvalue weighted by atomic mass is 35.5. The van der Waals surface area contributed by atoms with E-state index in [1.807, 2.05) is 36.4 Å². The number of ether oxygens (including phenoxy) is 2. The van der Waals surface area contributed by atoms with Gasteiger partial charge in [-0.25, -0.2) is 0 Å². The van der Waals surface area contributed by atoms with Crippen LogP contribution in [0.4, 0.5) is 0 Å². The molecule has 7 heteroatoms. The molecule has 0 amide bonds. The van der Waals surface area contributed by atoms with Crippen molar-refractivity contribution in [1.82, 2.24) is 15.0 Å². The standard InChI is InChI=1S/C28H34ClN3O3/c1-32(2)28(22-11-13-23(29)14-12-22)21-9-5-19(6-10-21)8-16-27-30-26(31-35-27)18-20-7-15-24(33-3)25(17-20)34-4/h7-8,11-17,19,21,28H,5-6,9-10,18H2,1-4H3. The average molecular weight is 496 g/mol. The Morgan fingerprint density at radius 2 is 1.74 bits per heavy atom. The minimum absolute atomic E-state index is 0.410. The molecular formula is C28H34ClN3O3. The molecular weight excluding hydrogens is 462 g/mol. The third-order valence-corrected chi connectivity index (χ3v) is 7.09. The topological polar surface area (TPSA) is 60.6 Å². The summed E-state index contributed by atoms with van der Waals surface area (Å²) in [6.07, 6.45) is 9.47. The molecule has 1 atom stereocenters. The Morgan fingerprint density at radius 1 is 1.03 bits per heavy atom. The molecule has 4 rings (SSSR count). The van der Waals surface area contributed by atoms with E-state index in [1.54, 1.807) is 14.2 Å². The van der Waals surface area contributed by atoms with Gasteiger partial charge in [0.25, 0.3) is 0 Å². The van der Waals surface area contributed by atoms with Gasteiger partial charge in [0.05, 0.1) is 14.2 Å². The number of hydrogen-bond donors (Lipinski definition) is 0. The zero-order valence-corrected chi connectivity index (χ0v) is 21.7. The summed E-state index contributed by atoms with van der Waals surface area (Å²) in [5, 5.41) is 4.93. The molecule has 1 aromatic heterocycles. The largest absolute Gasteiger partial charge is 0.493 e. The zero-order chi connectivity index (χ0) is 24.8. The molecule has 0 saturated heterocycles. The number of aromatic nitrogens is 2. The van der Waals surface area contributed by atoms with Crippen LogP contribution in [0.1, 0.15) is 54.6 Å². The molecule has 0 bridgehead atoms. The lowest BCUT2D eigenvalue weighted by atomic mass is 9.76. The molecule has 1 aliphatic carbocycles. The second kappa shape index (κ2) is 11.7. The monoisotopic (exact) mass is 495 g/mol. The predicted octanol–water partition coefficient (Wildman–Crippen LogP) is 6.45. The first-order valence-electron chi connectivity index (χ1n) is 12.1. The van der Waals surface area contributed by atoms with Gasteiger partial charge in [-0.3, -0.25) is 0 Å². The summed E-state index contributed by atoms with van der Waals surface area (Å²) in [5.41, 5.74) is 2.37. The van der Waals surface area contributed by atoms with Crippen molar-refractivity contribution in [2.24, 2.45) is 11.8 Å². The summed E-state index contributed by atoms with van der Waals surface area (Å²) in [5.74, 6) is 3.75. The lowest BCUT2D eigenvalue weighted by Gasteiger charge is -2.37. The van der Waals surface area contributed by atoms with Crippen molar-refractivity contribution < 1.29 is 14.0 Å². The molecule has 0 N–H and O–H groups in total. The maximum Gasteiger partial charge on any atom is 0.250 e. The molecule has 0 spiro atoms. The number of hydrogen-bond acceptors (Lipinski definition) is 6. The van der Waals surface area contributed by atoms with Crippen molar-refractivity contribution in [3.63, 3.8) is 0 Å². The van der Waals surface area contributed by atoms with E-state index in [0.29, 0.717) is 47.5 Å². The molecule has 1 fully saturated rings. The molecule has 3 aromatic rings. The number of methoxy groups -OCH3 is 2. The minimum atomic E-state index is 0.410. The Kier molecular flexibility index (Phi) is 8.47. The first kappa shape index (κ1) is 25.3. The van der Waals surface area contributed by atoms with E-state index in [9.17, 15) is 0 Å². The maximum atomic E-state index is 6.10. The van der Waals surface area contributed by atoms with Crippen LogP contribution in [0.5, 0.6) is 11.5 Å². The summed E-state index contributed by atoms with van der Waals surface area (Å²) < 4.78 is 16.2. The first-order chi connectivity index (χ1) is 17.0. The highest BCUT2D eigenvalue weighted by Gasteiger charge is 2.29. The molecule has 1 heterocycles. The van der Waals surface area contributed by atoms with E-state index >= 15 is 0 Å². The van der Waals surface area contributed by atoms with E-state index in [0.717, 1.165) is 23.4 Å². The number of rotatable bonds is 9. The molecule has 1 aliphatic rings. The van der Waals surface area contributed by atoms with Crippen molar-refractivity contribution in [2.75, 3.05) is 28.3 Å². The van der Waals surface area contributed by atoms with E-state index in [-0.39, 0.29) is 0 Å². The molecule has 35 heavy (non-hydrogen) atoms. The van der Waals surface area contributed by atoms with Crippen LogP contribution < -0.4 is 9.47 Å². The van der Waals surface area contributed by atoms with Gasteiger partial charge in [0, 0.05) is 17.5 Å². The van der Waals surface area contributed by atoms with Crippen LogP contribution in [0.25, 0.3) is 6.08 Å². The molecule has 1 saturated carbocycles. The first-order valence-corrected chi connectivity index (χ1v) is 12.5. The van der Waals surface area contributed by atoms with Crippen LogP contribution in [0.3, 0.4) is 0 Å². The number of halogens is 1. The third-order valence-electron chi connectivity index (χ3n) is 6.84. The summed E-state index contributed by atoms with van der Waals surface area (Å²) in [6.45, 7) is 0. The van der Waals surface area contributed by atoms with Gasteiger partial charge in [0.1, 0.15) is 0 Å². The quantitative estimate of drug-likeness (QED) is 0.340. The van der Waals surface area contributed by atoms with Crippen LogP contribution in [0, 0.1) is 11.8 Å². The van der Waals surface area contributed by atoms with Crippen LogP contribution in [-0.4, -0.2) is 43.4 Å². The Labute approximate surface area is 212 Å². The van der Waals surface area contributed by atoms with Crippen LogP contribution >= 0.6 is 11.6 Å². The van der Waals surface area contributed by atoms with E-state index in [2.05, 4.69) is 47.3 Å². The Hall–Kier alpha value is -2.83. The van der Waals surface area contributed by atoms with Gasteiger partial charge in [-0.15, -0.1) is 0 Å². The summed E-state index contributed by atoms with van der Waals surface area (Å²) >= 11 is 6.10. The number of nitrogens with zero attached hydrogens (tertiary/aromatic N) is 3. The Bertz CT molecular complexity index is 1120. The van der Waals surface area contributed by atoms with Crippen molar-refractivity contribution in [3.8, 4) is 11.5 Å². The second-order valence-corrected chi connectivity index (χ2v) is 9.85. The fraction of sp³-hybridized carbons (Fsp3) is 0.429. The molecule has 0 radical (unpaired) electrons. The molecule has 6 nitrogen and oxygen atoms in total. The maximum absolute atomic E-state index is 6.10. The lowest BCUT2D eigenvalue weighted by Crippen LogP contribution is -2.30. The van der Waals surface area contributed by atoms with Gasteiger partial charge in [-0.05, 0) is 93.1 Å². The Balaban J connectivity index is 1.33. The molecule has 1 unspecified atom stereocenters. The normalized spacial score (nSPS) is 19.3. The molecule has 2 aromatic carbocycles. The fourth-order valence-corrected chi connectivity index (χ4v) is 5.23. The van der Waals surface area contributed by atoms with Gasteiger partial charge in [-0.1, -0.05) is 41.0 Å². The molecule has 186 valence electrons. The van der Waals surface area contributed by atoms with Crippen LogP contribution in [0.2, 0.25) is 5.02 Å². The van der Waals surface area contributed by atoms with Crippen molar-refractivity contribution in [3.05, 3.63) is 76.4 Å². The summed E-state index contributed by atoms with van der Waals surface area (Å²) in [7, 11) is 7.59. The van der Waals surface area contributed by atoms with Crippen LogP contribution in [0.15, 0.2) is 53.1 Å². The van der Waals surface area contributed by atoms with Crippen molar-refractivity contribution >= 4 is 17.7 Å². The summed E-state index contributed by atoms with van der Waals surface area (Å²) in [4.78, 5) is 6.88. The minimum Gasteiger partial charge on any atom is -0.493 e. The van der Waals surface area contributed by atoms with Gasteiger partial charge in [-0.2, -0.15) is 4.98 Å². The highest BCUT2D eigenvalue weighted by molar-refractivity contribution is 6.30. The van der Waals surface area contributed by atoms with E-state index in [1.165, 1.54) is 18.4 Å². The lowest BCUT2D eigenvalue weighted by molar-refractivity contribution is 0.159.